The van der Waals surface area contributed by atoms with E-state index in [2.05, 4.69) is 6.58 Å². The smallest absolute Gasteiger partial charge is 0.334 e. The molecule has 1 saturated heterocycles. The fourth-order valence-electron chi connectivity index (χ4n) is 2.65. The maximum atomic E-state index is 11.6. The molecule has 0 spiro atoms. The molecule has 3 nitrogen and oxygen atoms in total. The van der Waals surface area contributed by atoms with E-state index in [0.29, 0.717) is 12.0 Å². The molecule has 3 heteroatoms. The maximum Gasteiger partial charge on any atom is 0.334 e. The van der Waals surface area contributed by atoms with E-state index in [1.165, 1.54) is 0 Å². The molecule has 1 fully saturated rings. The molecule has 0 unspecified atom stereocenters. The molecule has 0 aromatic carbocycles. The van der Waals surface area contributed by atoms with E-state index < -0.39 is 6.10 Å². The van der Waals surface area contributed by atoms with Gasteiger partial charge < -0.3 is 9.84 Å². The van der Waals surface area contributed by atoms with Crippen LogP contribution in [-0.4, -0.2) is 23.3 Å². The number of aliphatic hydroxyl groups excluding tert-OH is 1. The third-order valence-electron chi connectivity index (χ3n) is 3.66. The van der Waals surface area contributed by atoms with Crippen molar-refractivity contribution in [3.05, 3.63) is 35.5 Å². The molecular formula is C15H20O3. The summed E-state index contributed by atoms with van der Waals surface area (Å²) in [6.45, 7) is 7.81. The van der Waals surface area contributed by atoms with Crippen LogP contribution >= 0.6 is 0 Å². The molecule has 98 valence electrons. The van der Waals surface area contributed by atoms with E-state index in [9.17, 15) is 9.90 Å². The Balaban J connectivity index is 2.27. The maximum absolute atomic E-state index is 11.6. The lowest BCUT2D eigenvalue weighted by atomic mass is 9.88. The van der Waals surface area contributed by atoms with Crippen LogP contribution in [0.4, 0.5) is 0 Å². The summed E-state index contributed by atoms with van der Waals surface area (Å²) in [4.78, 5) is 11.6. The summed E-state index contributed by atoms with van der Waals surface area (Å²) >= 11 is 0. The van der Waals surface area contributed by atoms with Crippen LogP contribution in [0.25, 0.3) is 0 Å². The zero-order valence-electron chi connectivity index (χ0n) is 11.0. The number of rotatable bonds is 0. The van der Waals surface area contributed by atoms with Gasteiger partial charge in [0, 0.05) is 11.5 Å². The van der Waals surface area contributed by atoms with Gasteiger partial charge in [-0.1, -0.05) is 23.8 Å². The molecule has 0 bridgehead atoms. The molecule has 3 atom stereocenters. The minimum atomic E-state index is -0.446. The summed E-state index contributed by atoms with van der Waals surface area (Å²) in [6.07, 6.45) is 5.50. The monoisotopic (exact) mass is 248 g/mol. The van der Waals surface area contributed by atoms with Crippen LogP contribution in [0.1, 0.15) is 33.1 Å². The van der Waals surface area contributed by atoms with Gasteiger partial charge in [0.05, 0.1) is 6.10 Å². The molecular weight excluding hydrogens is 228 g/mol. The van der Waals surface area contributed by atoms with Crippen molar-refractivity contribution in [2.45, 2.75) is 45.3 Å². The second kappa shape index (κ2) is 5.11. The number of esters is 1. The van der Waals surface area contributed by atoms with E-state index in [4.69, 9.17) is 4.74 Å². The highest BCUT2D eigenvalue weighted by Gasteiger charge is 2.37. The van der Waals surface area contributed by atoms with E-state index in [1.807, 2.05) is 26.0 Å². The van der Waals surface area contributed by atoms with Gasteiger partial charge in [0.1, 0.15) is 6.10 Å². The summed E-state index contributed by atoms with van der Waals surface area (Å²) in [7, 11) is 0. The minimum Gasteiger partial charge on any atom is -0.454 e. The van der Waals surface area contributed by atoms with Gasteiger partial charge in [-0.2, -0.15) is 0 Å². The largest absolute Gasteiger partial charge is 0.454 e. The van der Waals surface area contributed by atoms with E-state index in [-0.39, 0.29) is 18.0 Å². The number of carbonyl (C=O) groups excluding carboxylic acids is 1. The lowest BCUT2D eigenvalue weighted by Gasteiger charge is -2.18. The second-order valence-electron chi connectivity index (χ2n) is 5.34. The molecule has 2 aliphatic rings. The SMILES string of the molecule is C=C1C(=O)O[C@@H]2C=C(C)C[C@H](O)C=C(C)CC[C@@H]12. The Bertz CT molecular complexity index is 431. The summed E-state index contributed by atoms with van der Waals surface area (Å²) < 4.78 is 5.33. The van der Waals surface area contributed by atoms with Crippen LogP contribution in [-0.2, 0) is 9.53 Å². The van der Waals surface area contributed by atoms with Gasteiger partial charge in [0.25, 0.3) is 0 Å². The topological polar surface area (TPSA) is 46.5 Å². The highest BCUT2D eigenvalue weighted by Crippen LogP contribution is 2.34. The summed E-state index contributed by atoms with van der Waals surface area (Å²) in [6, 6.07) is 0. The van der Waals surface area contributed by atoms with Crippen molar-refractivity contribution < 1.29 is 14.6 Å². The molecule has 0 aromatic rings. The Labute approximate surface area is 108 Å². The third-order valence-corrected chi connectivity index (χ3v) is 3.66. The van der Waals surface area contributed by atoms with Crippen LogP contribution < -0.4 is 0 Å². The van der Waals surface area contributed by atoms with Gasteiger partial charge in [0.15, 0.2) is 0 Å². The quantitative estimate of drug-likeness (QED) is 0.407. The van der Waals surface area contributed by atoms with Gasteiger partial charge in [-0.05, 0) is 39.2 Å². The van der Waals surface area contributed by atoms with Gasteiger partial charge >= 0.3 is 5.97 Å². The predicted octanol–water partition coefficient (Wildman–Crippen LogP) is 2.52. The first-order valence-electron chi connectivity index (χ1n) is 6.40. The zero-order chi connectivity index (χ0) is 13.3. The van der Waals surface area contributed by atoms with E-state index in [0.717, 1.165) is 24.0 Å². The number of hydrogen-bond donors (Lipinski definition) is 1. The van der Waals surface area contributed by atoms with Gasteiger partial charge in [-0.15, -0.1) is 0 Å². The minimum absolute atomic E-state index is 0.0750. The van der Waals surface area contributed by atoms with Crippen molar-refractivity contribution in [2.24, 2.45) is 5.92 Å². The lowest BCUT2D eigenvalue weighted by Crippen LogP contribution is -2.17. The van der Waals surface area contributed by atoms with E-state index in [1.54, 1.807) is 0 Å². The molecule has 1 N–H and O–H groups in total. The van der Waals surface area contributed by atoms with Crippen molar-refractivity contribution in [1.82, 2.24) is 0 Å². The van der Waals surface area contributed by atoms with Crippen molar-refractivity contribution in [3.63, 3.8) is 0 Å². The van der Waals surface area contributed by atoms with Gasteiger partial charge in [-0.3, -0.25) is 0 Å². The highest BCUT2D eigenvalue weighted by molar-refractivity contribution is 5.91. The van der Waals surface area contributed by atoms with Crippen molar-refractivity contribution >= 4 is 5.97 Å². The molecule has 0 aromatic heterocycles. The Kier molecular flexibility index (Phi) is 3.71. The van der Waals surface area contributed by atoms with Crippen molar-refractivity contribution in [1.29, 1.82) is 0 Å². The Morgan fingerprint density at radius 2 is 2.06 bits per heavy atom. The first-order valence-corrected chi connectivity index (χ1v) is 6.40. The lowest BCUT2D eigenvalue weighted by molar-refractivity contribution is -0.137. The molecule has 1 heterocycles. The summed E-state index contributed by atoms with van der Waals surface area (Å²) in [5.74, 6) is -0.207. The standard InChI is InChI=1S/C15H20O3/c1-9-4-5-13-11(3)15(17)18-14(13)8-10(2)7-12(16)6-9/h6,8,12-14,16H,3-5,7H2,1-2H3/t12-,13+,14-/m1/s1. The molecule has 1 aliphatic heterocycles. The number of ether oxygens (including phenoxy) is 1. The first-order chi connectivity index (χ1) is 8.47. The van der Waals surface area contributed by atoms with Crippen LogP contribution in [0.3, 0.4) is 0 Å². The van der Waals surface area contributed by atoms with Crippen molar-refractivity contribution in [2.75, 3.05) is 0 Å². The Hall–Kier alpha value is -1.35. The summed E-state index contributed by atoms with van der Waals surface area (Å²) in [5, 5.41) is 9.87. The number of hydrogen-bond acceptors (Lipinski definition) is 3. The average molecular weight is 248 g/mol. The number of allylic oxidation sites excluding steroid dienone is 1. The van der Waals surface area contributed by atoms with Crippen LogP contribution in [0.15, 0.2) is 35.5 Å². The molecule has 2 rings (SSSR count). The summed E-state index contributed by atoms with van der Waals surface area (Å²) in [5.41, 5.74) is 2.78. The number of fused-ring (bicyclic) bond motifs is 1. The fourth-order valence-corrected chi connectivity index (χ4v) is 2.65. The van der Waals surface area contributed by atoms with Gasteiger partial charge in [-0.25, -0.2) is 4.79 Å². The normalized spacial score (nSPS) is 33.4. The third kappa shape index (κ3) is 2.72. The number of carbonyl (C=O) groups is 1. The fraction of sp³-hybridized carbons (Fsp3) is 0.533. The van der Waals surface area contributed by atoms with Gasteiger partial charge in [0.2, 0.25) is 0 Å². The van der Waals surface area contributed by atoms with Crippen LogP contribution in [0.5, 0.6) is 0 Å². The zero-order valence-corrected chi connectivity index (χ0v) is 11.0. The second-order valence-corrected chi connectivity index (χ2v) is 5.34. The van der Waals surface area contributed by atoms with Crippen LogP contribution in [0, 0.1) is 5.92 Å². The Morgan fingerprint density at radius 1 is 1.33 bits per heavy atom. The molecule has 1 aliphatic carbocycles. The highest BCUT2D eigenvalue weighted by atomic mass is 16.5. The molecule has 18 heavy (non-hydrogen) atoms. The average Bonchev–Trinajstić information content (AvgIpc) is 2.51. The van der Waals surface area contributed by atoms with Crippen molar-refractivity contribution in [3.8, 4) is 0 Å². The molecule has 0 saturated carbocycles. The first kappa shape index (κ1) is 13.1. The number of aliphatic hydroxyl groups is 1. The van der Waals surface area contributed by atoms with Crippen LogP contribution in [0.2, 0.25) is 0 Å². The molecule has 0 amide bonds. The Morgan fingerprint density at radius 3 is 2.78 bits per heavy atom. The molecule has 0 radical (unpaired) electrons. The van der Waals surface area contributed by atoms with E-state index >= 15 is 0 Å². The predicted molar refractivity (Wildman–Crippen MR) is 69.9 cm³/mol.